The molecule has 4 heteroatoms. The second-order valence-corrected chi connectivity index (χ2v) is 7.75. The van der Waals surface area contributed by atoms with Gasteiger partial charge in [0.2, 0.25) is 5.91 Å². The Bertz CT molecular complexity index is 941. The van der Waals surface area contributed by atoms with Crippen LogP contribution in [-0.4, -0.2) is 24.0 Å². The van der Waals surface area contributed by atoms with E-state index in [0.717, 1.165) is 29.8 Å². The van der Waals surface area contributed by atoms with Crippen LogP contribution < -0.4 is 9.64 Å². The van der Waals surface area contributed by atoms with Gasteiger partial charge in [-0.15, -0.1) is 0 Å². The van der Waals surface area contributed by atoms with E-state index in [1.165, 1.54) is 23.8 Å². The molecule has 1 aliphatic carbocycles. The Morgan fingerprint density at radius 2 is 1.93 bits per heavy atom. The van der Waals surface area contributed by atoms with Gasteiger partial charge in [-0.05, 0) is 74.4 Å². The Morgan fingerprint density at radius 1 is 1.18 bits per heavy atom. The van der Waals surface area contributed by atoms with Crippen LogP contribution in [0.5, 0.6) is 5.75 Å². The van der Waals surface area contributed by atoms with Gasteiger partial charge < -0.3 is 14.6 Å². The van der Waals surface area contributed by atoms with Crippen molar-refractivity contribution >= 4 is 22.5 Å². The number of amides is 1. The van der Waals surface area contributed by atoms with Gasteiger partial charge in [-0.25, -0.2) is 0 Å². The summed E-state index contributed by atoms with van der Waals surface area (Å²) in [6, 6.07) is 16.4. The highest BCUT2D eigenvalue weighted by Crippen LogP contribution is 2.37. The topological polar surface area (TPSA) is 45.3 Å². The summed E-state index contributed by atoms with van der Waals surface area (Å²) in [6.07, 6.45) is 6.83. The highest BCUT2D eigenvalue weighted by molar-refractivity contribution is 5.94. The molecule has 1 aromatic heterocycles. The second-order valence-electron chi connectivity index (χ2n) is 7.75. The molecule has 0 spiro atoms. The van der Waals surface area contributed by atoms with E-state index in [0.29, 0.717) is 12.3 Å². The van der Waals surface area contributed by atoms with Crippen molar-refractivity contribution in [3.8, 4) is 5.75 Å². The van der Waals surface area contributed by atoms with E-state index in [-0.39, 0.29) is 11.9 Å². The maximum Gasteiger partial charge on any atom is 0.227 e. The number of ether oxygens (including phenoxy) is 1. The lowest BCUT2D eigenvalue weighted by Gasteiger charge is -2.30. The molecule has 0 radical (unpaired) electrons. The zero-order valence-electron chi connectivity index (χ0n) is 16.7. The maximum absolute atomic E-state index is 13.2. The fourth-order valence-corrected chi connectivity index (χ4v) is 4.03. The number of benzene rings is 2. The van der Waals surface area contributed by atoms with Crippen molar-refractivity contribution in [1.82, 2.24) is 4.98 Å². The number of nitrogens with one attached hydrogen (secondary N) is 1. The number of anilines is 1. The van der Waals surface area contributed by atoms with Crippen LogP contribution in [0.15, 0.2) is 54.7 Å². The van der Waals surface area contributed by atoms with Crippen molar-refractivity contribution in [3.63, 3.8) is 0 Å². The lowest BCUT2D eigenvalue weighted by atomic mass is 10.1. The third-order valence-corrected chi connectivity index (χ3v) is 5.84. The molecule has 0 saturated heterocycles. The van der Waals surface area contributed by atoms with Gasteiger partial charge in [0.1, 0.15) is 5.75 Å². The summed E-state index contributed by atoms with van der Waals surface area (Å²) in [6.45, 7) is 2.18. The number of rotatable bonds is 8. The first-order valence-electron chi connectivity index (χ1n) is 10.2. The minimum Gasteiger partial charge on any atom is -0.497 e. The first-order valence-corrected chi connectivity index (χ1v) is 10.2. The van der Waals surface area contributed by atoms with Crippen LogP contribution >= 0.6 is 0 Å². The average Bonchev–Trinajstić information content (AvgIpc) is 3.50. The molecular formula is C24H28N2O2. The minimum absolute atomic E-state index is 0.212. The summed E-state index contributed by atoms with van der Waals surface area (Å²) in [5, 5.41) is 1.26. The van der Waals surface area contributed by atoms with Crippen LogP contribution in [0.1, 0.15) is 38.2 Å². The first-order chi connectivity index (χ1) is 13.7. The van der Waals surface area contributed by atoms with Crippen LogP contribution in [0.25, 0.3) is 10.9 Å². The third kappa shape index (κ3) is 3.91. The quantitative estimate of drug-likeness (QED) is 0.577. The number of carbonyl (C=O) groups is 1. The Balaban J connectivity index is 1.44. The molecule has 1 aliphatic rings. The number of para-hydroxylation sites is 1. The number of H-pyrrole nitrogens is 1. The summed E-state index contributed by atoms with van der Waals surface area (Å²) < 4.78 is 5.26. The van der Waals surface area contributed by atoms with Gasteiger partial charge in [0, 0.05) is 35.2 Å². The molecule has 4 rings (SSSR count). The lowest BCUT2D eigenvalue weighted by Crippen LogP contribution is -2.40. The van der Waals surface area contributed by atoms with Crippen molar-refractivity contribution in [2.75, 3.05) is 12.0 Å². The molecule has 146 valence electrons. The molecule has 1 saturated carbocycles. The summed E-state index contributed by atoms with van der Waals surface area (Å²) >= 11 is 0. The first kappa shape index (κ1) is 18.6. The molecule has 2 aromatic carbocycles. The molecule has 0 aliphatic heterocycles. The smallest absolute Gasteiger partial charge is 0.227 e. The SMILES string of the molecule is COc1ccc(N(C(=O)CCCc2c[nH]c3ccccc23)C(C)C2CC2)cc1. The van der Waals surface area contributed by atoms with Crippen LogP contribution in [0.4, 0.5) is 5.69 Å². The van der Waals surface area contributed by atoms with E-state index in [9.17, 15) is 4.79 Å². The molecule has 1 heterocycles. The minimum atomic E-state index is 0.212. The summed E-state index contributed by atoms with van der Waals surface area (Å²) in [5.74, 6) is 1.65. The van der Waals surface area contributed by atoms with Crippen molar-refractivity contribution in [3.05, 3.63) is 60.3 Å². The van der Waals surface area contributed by atoms with Crippen LogP contribution in [-0.2, 0) is 11.2 Å². The van der Waals surface area contributed by atoms with Gasteiger partial charge in [0.15, 0.2) is 0 Å². The predicted molar refractivity (Wildman–Crippen MR) is 114 cm³/mol. The van der Waals surface area contributed by atoms with Crippen LogP contribution in [0.2, 0.25) is 0 Å². The van der Waals surface area contributed by atoms with Crippen molar-refractivity contribution in [2.24, 2.45) is 5.92 Å². The van der Waals surface area contributed by atoms with E-state index < -0.39 is 0 Å². The Kier molecular flexibility index (Phi) is 5.38. The molecular weight excluding hydrogens is 348 g/mol. The largest absolute Gasteiger partial charge is 0.497 e. The molecule has 1 atom stereocenters. The molecule has 1 amide bonds. The summed E-state index contributed by atoms with van der Waals surface area (Å²) in [4.78, 5) is 18.5. The van der Waals surface area contributed by atoms with E-state index in [1.54, 1.807) is 7.11 Å². The van der Waals surface area contributed by atoms with Gasteiger partial charge in [0.25, 0.3) is 0 Å². The zero-order valence-corrected chi connectivity index (χ0v) is 16.7. The van der Waals surface area contributed by atoms with E-state index in [2.05, 4.69) is 36.3 Å². The summed E-state index contributed by atoms with van der Waals surface area (Å²) in [7, 11) is 1.66. The average molecular weight is 377 g/mol. The predicted octanol–water partition coefficient (Wildman–Crippen LogP) is 5.33. The highest BCUT2D eigenvalue weighted by Gasteiger charge is 2.34. The Hall–Kier alpha value is -2.75. The van der Waals surface area contributed by atoms with Crippen molar-refractivity contribution < 1.29 is 9.53 Å². The van der Waals surface area contributed by atoms with E-state index in [1.807, 2.05) is 35.2 Å². The third-order valence-electron chi connectivity index (χ3n) is 5.84. The molecule has 1 N–H and O–H groups in total. The highest BCUT2D eigenvalue weighted by atomic mass is 16.5. The zero-order chi connectivity index (χ0) is 19.5. The molecule has 28 heavy (non-hydrogen) atoms. The normalized spacial score (nSPS) is 14.8. The number of carbonyl (C=O) groups excluding carboxylic acids is 1. The molecule has 1 fully saturated rings. The second kappa shape index (κ2) is 8.09. The number of hydrogen-bond acceptors (Lipinski definition) is 2. The Morgan fingerprint density at radius 3 is 2.64 bits per heavy atom. The molecule has 4 nitrogen and oxygen atoms in total. The molecule has 1 unspecified atom stereocenters. The number of methoxy groups -OCH3 is 1. The Labute approximate surface area is 166 Å². The van der Waals surface area contributed by atoms with Gasteiger partial charge >= 0.3 is 0 Å². The number of aromatic nitrogens is 1. The van der Waals surface area contributed by atoms with Crippen LogP contribution in [0, 0.1) is 5.92 Å². The van der Waals surface area contributed by atoms with Gasteiger partial charge in [-0.1, -0.05) is 18.2 Å². The van der Waals surface area contributed by atoms with Gasteiger partial charge in [-0.3, -0.25) is 4.79 Å². The number of hydrogen-bond donors (Lipinski definition) is 1. The number of fused-ring (bicyclic) bond motifs is 1. The summed E-state index contributed by atoms with van der Waals surface area (Å²) in [5.41, 5.74) is 3.41. The van der Waals surface area contributed by atoms with Crippen LogP contribution in [0.3, 0.4) is 0 Å². The molecule has 0 bridgehead atoms. The van der Waals surface area contributed by atoms with Gasteiger partial charge in [0.05, 0.1) is 7.11 Å². The van der Waals surface area contributed by atoms with Crippen molar-refractivity contribution in [2.45, 2.75) is 45.1 Å². The van der Waals surface area contributed by atoms with Gasteiger partial charge in [-0.2, -0.15) is 0 Å². The number of nitrogens with zero attached hydrogens (tertiary/aromatic N) is 1. The van der Waals surface area contributed by atoms with E-state index >= 15 is 0 Å². The van der Waals surface area contributed by atoms with E-state index in [4.69, 9.17) is 4.74 Å². The monoisotopic (exact) mass is 376 g/mol. The standard InChI is InChI=1S/C24H28N2O2/c1-17(18-10-11-18)26(20-12-14-21(28-2)15-13-20)24(27)9-5-6-19-16-25-23-8-4-3-7-22(19)23/h3-4,7-8,12-18,25H,5-6,9-11H2,1-2H3. The molecule has 3 aromatic rings. The number of aryl methyl sites for hydroxylation is 1. The lowest BCUT2D eigenvalue weighted by molar-refractivity contribution is -0.119. The number of aromatic amines is 1. The fraction of sp³-hybridized carbons (Fsp3) is 0.375. The fourth-order valence-electron chi connectivity index (χ4n) is 4.03. The maximum atomic E-state index is 13.2. The van der Waals surface area contributed by atoms with Crippen molar-refractivity contribution in [1.29, 1.82) is 0 Å².